The van der Waals surface area contributed by atoms with Crippen molar-refractivity contribution in [1.29, 1.82) is 0 Å². The highest BCUT2D eigenvalue weighted by Gasteiger charge is 2.71. The molecule has 3 rings (SSSR count). The van der Waals surface area contributed by atoms with Crippen LogP contribution in [0.1, 0.15) is 19.4 Å². The molecule has 0 amide bonds. The number of nitrogens with zero attached hydrogens (tertiary/aromatic N) is 5. The van der Waals surface area contributed by atoms with Gasteiger partial charge in [-0.1, -0.05) is 0 Å². The molecule has 1 saturated heterocycles. The van der Waals surface area contributed by atoms with E-state index >= 15 is 0 Å². The number of thiophene rings is 1. The zero-order valence-corrected chi connectivity index (χ0v) is 23.6. The van der Waals surface area contributed by atoms with E-state index in [1.165, 1.54) is 17.0 Å². The summed E-state index contributed by atoms with van der Waals surface area (Å²) in [7, 11) is -7.91. The van der Waals surface area contributed by atoms with E-state index in [2.05, 4.69) is 9.97 Å². The van der Waals surface area contributed by atoms with E-state index in [9.17, 15) is 48.3 Å². The first kappa shape index (κ1) is 32.3. The van der Waals surface area contributed by atoms with Gasteiger partial charge in [0.05, 0.1) is 17.3 Å². The summed E-state index contributed by atoms with van der Waals surface area (Å²) in [5.41, 5.74) is -1.26. The van der Waals surface area contributed by atoms with Gasteiger partial charge in [0.1, 0.15) is 4.21 Å². The van der Waals surface area contributed by atoms with Gasteiger partial charge in [-0.2, -0.15) is 35.0 Å². The SMILES string of the molecule is CC(C)N(C[C@H]1CN(S(=O)(=O)c2ccc(N)s2)CCN1c1ncc(C(O)(C(F)(F)F)C(F)(F)F)cn1)S(C)(=O)=O. The van der Waals surface area contributed by atoms with Crippen LogP contribution < -0.4 is 10.6 Å². The van der Waals surface area contributed by atoms with Crippen LogP contribution in [0.5, 0.6) is 0 Å². The number of sulfonamides is 2. The molecule has 0 aliphatic carbocycles. The smallest absolute Gasteiger partial charge is 0.391 e. The Morgan fingerprint density at radius 1 is 1.07 bits per heavy atom. The van der Waals surface area contributed by atoms with Crippen molar-refractivity contribution in [2.45, 2.75) is 48.1 Å². The van der Waals surface area contributed by atoms with E-state index in [1.807, 2.05) is 0 Å². The lowest BCUT2D eigenvalue weighted by atomic mass is 9.95. The molecule has 11 nitrogen and oxygen atoms in total. The van der Waals surface area contributed by atoms with Crippen molar-refractivity contribution in [3.63, 3.8) is 0 Å². The zero-order valence-electron chi connectivity index (χ0n) is 21.2. The third-order valence-electron chi connectivity index (χ3n) is 6.17. The second-order valence-corrected chi connectivity index (χ2v) is 14.5. The van der Waals surface area contributed by atoms with Gasteiger partial charge in [0.25, 0.3) is 15.6 Å². The molecule has 1 fully saturated rings. The third-order valence-corrected chi connectivity index (χ3v) is 10.8. The van der Waals surface area contributed by atoms with Crippen LogP contribution in [0.25, 0.3) is 0 Å². The van der Waals surface area contributed by atoms with Gasteiger partial charge in [-0.25, -0.2) is 26.8 Å². The first-order valence-electron chi connectivity index (χ1n) is 11.4. The molecule has 1 aliphatic rings. The molecule has 20 heteroatoms. The van der Waals surface area contributed by atoms with Crippen LogP contribution in [0, 0.1) is 0 Å². The molecule has 0 radical (unpaired) electrons. The summed E-state index contributed by atoms with van der Waals surface area (Å²) in [6.07, 6.45) is -11.0. The number of nitrogens with two attached hydrogens (primary N) is 1. The molecule has 2 aromatic rings. The second-order valence-electron chi connectivity index (χ2n) is 9.27. The maximum absolute atomic E-state index is 13.3. The van der Waals surface area contributed by atoms with Crippen molar-refractivity contribution < 1.29 is 48.3 Å². The van der Waals surface area contributed by atoms with Gasteiger partial charge in [-0.05, 0) is 26.0 Å². The normalized spacial score (nSPS) is 18.6. The number of aromatic nitrogens is 2. The van der Waals surface area contributed by atoms with Gasteiger partial charge in [0.2, 0.25) is 16.0 Å². The number of hydrogen-bond acceptors (Lipinski definition) is 10. The first-order valence-corrected chi connectivity index (χ1v) is 15.5. The summed E-state index contributed by atoms with van der Waals surface area (Å²) in [5, 5.41) is 9.85. The minimum absolute atomic E-state index is 0.0692. The Hall–Kier alpha value is -2.26. The standard InChI is InChI=1S/C20H26F6N6O5S3/c1-12(2)32(39(3,34)35)11-14-10-30(40(36,37)16-5-4-15(27)38-16)6-7-31(14)17-28-8-13(9-29-17)18(33,19(21,22)23)20(24,25)26/h4-5,8-9,12,14,33H,6-7,10-11,27H2,1-3H3/t14-/m1/s1. The average Bonchev–Trinajstić information content (AvgIpc) is 3.26. The minimum Gasteiger partial charge on any atom is -0.391 e. The van der Waals surface area contributed by atoms with E-state index in [1.54, 1.807) is 13.8 Å². The van der Waals surface area contributed by atoms with Gasteiger partial charge < -0.3 is 15.7 Å². The molecule has 0 aromatic carbocycles. The summed E-state index contributed by atoms with van der Waals surface area (Å²) < 4.78 is 133. The Morgan fingerprint density at radius 3 is 2.05 bits per heavy atom. The highest BCUT2D eigenvalue weighted by atomic mass is 32.2. The van der Waals surface area contributed by atoms with Gasteiger partial charge in [-0.3, -0.25) is 0 Å². The number of nitrogen functional groups attached to an aromatic ring is 1. The fourth-order valence-corrected chi connectivity index (χ4v) is 8.07. The molecule has 3 N–H and O–H groups in total. The van der Waals surface area contributed by atoms with Gasteiger partial charge in [0.15, 0.2) is 0 Å². The van der Waals surface area contributed by atoms with Gasteiger partial charge >= 0.3 is 12.4 Å². The molecule has 1 aliphatic heterocycles. The Morgan fingerprint density at radius 2 is 1.62 bits per heavy atom. The number of alkyl halides is 6. The first-order chi connectivity index (χ1) is 18.1. The summed E-state index contributed by atoms with van der Waals surface area (Å²) >= 11 is 0.814. The Labute approximate surface area is 230 Å². The van der Waals surface area contributed by atoms with Crippen molar-refractivity contribution in [1.82, 2.24) is 18.6 Å². The lowest BCUT2D eigenvalue weighted by Gasteiger charge is -2.42. The molecule has 3 heterocycles. The maximum atomic E-state index is 13.3. The van der Waals surface area contributed by atoms with Crippen LogP contribution in [-0.4, -0.2) is 97.4 Å². The molecule has 226 valence electrons. The van der Waals surface area contributed by atoms with E-state index in [4.69, 9.17) is 5.73 Å². The molecule has 0 saturated carbocycles. The molecule has 40 heavy (non-hydrogen) atoms. The second kappa shape index (κ2) is 10.9. The Kier molecular flexibility index (Phi) is 8.76. The summed E-state index contributed by atoms with van der Waals surface area (Å²) in [6, 6.07) is 1.11. The Balaban J connectivity index is 2.02. The summed E-state index contributed by atoms with van der Waals surface area (Å²) in [4.78, 5) is 8.52. The van der Waals surface area contributed by atoms with Crippen molar-refractivity contribution in [3.8, 4) is 0 Å². The average molecular weight is 641 g/mol. The summed E-state index contributed by atoms with van der Waals surface area (Å²) in [6.45, 7) is 2.11. The van der Waals surface area contributed by atoms with E-state index in [0.717, 1.165) is 26.2 Å². The number of rotatable bonds is 8. The largest absolute Gasteiger partial charge is 0.430 e. The van der Waals surface area contributed by atoms with Crippen LogP contribution in [0.2, 0.25) is 0 Å². The van der Waals surface area contributed by atoms with Crippen LogP contribution in [0.4, 0.5) is 37.3 Å². The van der Waals surface area contributed by atoms with Crippen molar-refractivity contribution in [3.05, 3.63) is 30.1 Å². The van der Waals surface area contributed by atoms with Crippen molar-refractivity contribution in [2.75, 3.05) is 43.1 Å². The van der Waals surface area contributed by atoms with Gasteiger partial charge in [0, 0.05) is 50.2 Å². The predicted octanol–water partition coefficient (Wildman–Crippen LogP) is 1.98. The van der Waals surface area contributed by atoms with Crippen LogP contribution in [0.15, 0.2) is 28.7 Å². The zero-order chi connectivity index (χ0) is 30.5. The van der Waals surface area contributed by atoms with Crippen molar-refractivity contribution in [2.24, 2.45) is 0 Å². The minimum atomic E-state index is -6.14. The highest BCUT2D eigenvalue weighted by molar-refractivity contribution is 7.91. The highest BCUT2D eigenvalue weighted by Crippen LogP contribution is 2.49. The number of hydrogen-bond donors (Lipinski definition) is 2. The number of piperazine rings is 1. The number of aliphatic hydroxyl groups is 1. The molecular weight excluding hydrogens is 614 g/mol. The molecule has 2 aromatic heterocycles. The predicted molar refractivity (Wildman–Crippen MR) is 133 cm³/mol. The summed E-state index contributed by atoms with van der Waals surface area (Å²) in [5.74, 6) is -0.393. The van der Waals surface area contributed by atoms with E-state index in [-0.39, 0.29) is 47.8 Å². The third kappa shape index (κ3) is 6.15. The molecule has 0 bridgehead atoms. The van der Waals surface area contributed by atoms with E-state index in [0.29, 0.717) is 0 Å². The number of anilines is 2. The lowest BCUT2D eigenvalue weighted by Crippen LogP contribution is -2.59. The Bertz CT molecular complexity index is 1400. The fraction of sp³-hybridized carbons (Fsp3) is 0.600. The maximum Gasteiger partial charge on any atom is 0.430 e. The lowest BCUT2D eigenvalue weighted by molar-refractivity contribution is -0.376. The molecule has 0 unspecified atom stereocenters. The fourth-order valence-electron chi connectivity index (χ4n) is 4.15. The van der Waals surface area contributed by atoms with Crippen LogP contribution in [0.3, 0.4) is 0 Å². The van der Waals surface area contributed by atoms with Crippen molar-refractivity contribution >= 4 is 42.3 Å². The number of halogens is 6. The van der Waals surface area contributed by atoms with Crippen LogP contribution in [-0.2, 0) is 25.6 Å². The molecule has 0 spiro atoms. The van der Waals surface area contributed by atoms with Gasteiger partial charge in [-0.15, -0.1) is 11.3 Å². The van der Waals surface area contributed by atoms with E-state index < -0.39 is 61.6 Å². The topological polar surface area (TPSA) is 150 Å². The quantitative estimate of drug-likeness (QED) is 0.413. The molecule has 1 atom stereocenters. The molecular formula is C20H26F6N6O5S3. The van der Waals surface area contributed by atoms with Crippen LogP contribution >= 0.6 is 11.3 Å². The monoisotopic (exact) mass is 640 g/mol.